The lowest BCUT2D eigenvalue weighted by atomic mass is 10.2. The molecule has 2 atom stereocenters. The van der Waals surface area contributed by atoms with Crippen LogP contribution >= 0.6 is 30.8 Å². The van der Waals surface area contributed by atoms with Crippen LogP contribution in [0.1, 0.15) is 26.5 Å². The van der Waals surface area contributed by atoms with Gasteiger partial charge in [-0.25, -0.2) is 13.9 Å². The Bertz CT molecular complexity index is 1240. The molecule has 0 aliphatic heterocycles. The van der Waals surface area contributed by atoms with Gasteiger partial charge in [-0.15, -0.1) is 10.2 Å². The molecule has 14 heteroatoms. The minimum absolute atomic E-state index is 0.170. The number of aryl methyl sites for hydroxylation is 1. The van der Waals surface area contributed by atoms with E-state index in [9.17, 15) is 8.96 Å². The third kappa shape index (κ3) is 7.65. The molecule has 0 unspecified atom stereocenters. The van der Waals surface area contributed by atoms with E-state index >= 15 is 0 Å². The Morgan fingerprint density at radius 1 is 1.20 bits per heavy atom. The summed E-state index contributed by atoms with van der Waals surface area (Å²) in [6.45, 7) is 7.03. The second-order valence-corrected chi connectivity index (χ2v) is 10.7. The molecule has 0 aliphatic rings. The Hall–Kier alpha value is -2.18. The second-order valence-electron chi connectivity index (χ2n) is 8.13. The summed E-state index contributed by atoms with van der Waals surface area (Å²) in [5, 5.41) is 12.9. The Labute approximate surface area is 210 Å². The van der Waals surface area contributed by atoms with Gasteiger partial charge < -0.3 is 25.6 Å². The molecule has 35 heavy (non-hydrogen) atoms. The van der Waals surface area contributed by atoms with Gasteiger partial charge in [0, 0.05) is 28.9 Å². The minimum Gasteiger partial charge on any atom is -0.489 e. The van der Waals surface area contributed by atoms with Crippen molar-refractivity contribution in [2.45, 2.75) is 45.9 Å². The maximum absolute atomic E-state index is 14.8. The molecule has 2 heterocycles. The largest absolute Gasteiger partial charge is 0.489 e. The third-order valence-electron chi connectivity index (χ3n) is 4.65. The van der Waals surface area contributed by atoms with Gasteiger partial charge in [-0.1, -0.05) is 22.9 Å². The number of rotatable bonds is 10. The smallest absolute Gasteiger partial charge is 0.469 e. The number of phosphoric ester groups is 1. The summed E-state index contributed by atoms with van der Waals surface area (Å²) in [7, 11) is -4.71. The highest BCUT2D eigenvalue weighted by Gasteiger charge is 2.25. The normalized spacial score (nSPS) is 13.7. The molecule has 0 amide bonds. The minimum atomic E-state index is -4.71. The fraction of sp³-hybridized carbons (Fsp3) is 0.381. The molecule has 2 aromatic heterocycles. The Kier molecular flexibility index (Phi) is 8.81. The van der Waals surface area contributed by atoms with Gasteiger partial charge >= 0.3 is 7.82 Å². The first-order valence-corrected chi connectivity index (χ1v) is 13.3. The van der Waals surface area contributed by atoms with E-state index in [1.54, 1.807) is 0 Å². The molecule has 5 N–H and O–H groups in total. The van der Waals surface area contributed by atoms with Gasteiger partial charge in [0.2, 0.25) is 0 Å². The fourth-order valence-electron chi connectivity index (χ4n) is 3.03. The second kappa shape index (κ2) is 11.3. The van der Waals surface area contributed by atoms with Crippen LogP contribution in [-0.2, 0) is 9.09 Å². The summed E-state index contributed by atoms with van der Waals surface area (Å²) in [6, 6.07) is 5.51. The zero-order valence-electron chi connectivity index (χ0n) is 19.4. The number of aromatic nitrogens is 3. The van der Waals surface area contributed by atoms with Crippen molar-refractivity contribution in [3.05, 3.63) is 40.8 Å². The Morgan fingerprint density at radius 3 is 2.54 bits per heavy atom. The Morgan fingerprint density at radius 2 is 1.89 bits per heavy atom. The number of halogens is 2. The molecule has 0 radical (unpaired) electrons. The number of benzene rings is 1. The molecule has 10 nitrogen and oxygen atoms in total. The van der Waals surface area contributed by atoms with Crippen LogP contribution in [0.2, 0.25) is 5.02 Å². The molecule has 0 spiro atoms. The number of ether oxygens (including phenoxy) is 1. The molecule has 0 bridgehead atoms. The van der Waals surface area contributed by atoms with Gasteiger partial charge in [0.1, 0.15) is 22.4 Å². The number of hydrogen-bond acceptors (Lipinski definition) is 9. The number of nitrogens with zero attached hydrogens (tertiary/aromatic N) is 3. The number of nitrogens with one attached hydrogen (secondary N) is 1. The van der Waals surface area contributed by atoms with Crippen LogP contribution in [0, 0.1) is 12.7 Å². The number of anilines is 1. The average molecular weight is 546 g/mol. The predicted molar refractivity (Wildman–Crippen MR) is 133 cm³/mol. The SMILES string of the molecule is Cc1cc(-c2nnc(-c3cc(F)c(OC[C@@H](N)[C@H](C)OP(=O)(O)O)cc3Cl)s2)cc(NC(C)C)n1. The molecule has 3 rings (SSSR count). The number of pyridine rings is 1. The van der Waals surface area contributed by atoms with Crippen molar-refractivity contribution in [3.8, 4) is 26.9 Å². The van der Waals surface area contributed by atoms with Gasteiger partial charge in [0.15, 0.2) is 11.6 Å². The van der Waals surface area contributed by atoms with Gasteiger partial charge in [-0.05, 0) is 45.9 Å². The molecule has 0 fully saturated rings. The monoisotopic (exact) mass is 545 g/mol. The van der Waals surface area contributed by atoms with Gasteiger partial charge in [-0.3, -0.25) is 4.52 Å². The fourth-order valence-corrected chi connectivity index (χ4v) is 4.78. The van der Waals surface area contributed by atoms with Crippen LogP contribution in [0.3, 0.4) is 0 Å². The lowest BCUT2D eigenvalue weighted by Gasteiger charge is -2.21. The molecule has 0 saturated heterocycles. The summed E-state index contributed by atoms with van der Waals surface area (Å²) in [5.41, 5.74) is 7.79. The first-order chi connectivity index (χ1) is 16.3. The summed E-state index contributed by atoms with van der Waals surface area (Å²) >= 11 is 7.63. The van der Waals surface area contributed by atoms with E-state index in [4.69, 9.17) is 31.9 Å². The van der Waals surface area contributed by atoms with Crippen LogP contribution in [0.4, 0.5) is 10.2 Å². The van der Waals surface area contributed by atoms with Gasteiger partial charge in [-0.2, -0.15) is 0 Å². The van der Waals surface area contributed by atoms with Crippen molar-refractivity contribution in [1.29, 1.82) is 0 Å². The molecule has 0 aliphatic carbocycles. The lowest BCUT2D eigenvalue weighted by molar-refractivity contribution is 0.106. The van der Waals surface area contributed by atoms with Crippen molar-refractivity contribution in [2.75, 3.05) is 11.9 Å². The summed E-state index contributed by atoms with van der Waals surface area (Å²) in [5.74, 6) is -0.160. The molecule has 1 aromatic carbocycles. The number of phosphoric acid groups is 1. The van der Waals surface area contributed by atoms with E-state index in [1.807, 2.05) is 32.9 Å². The standard InChI is InChI=1S/C21H26ClFN5O5PS/c1-10(2)25-19-6-13(5-11(3)26-19)20-27-28-21(35-20)14-7-16(23)18(8-15(14)22)32-9-17(24)12(4)33-34(29,30)31/h5-8,10,12,17H,9,24H2,1-4H3,(H,25,26)(H2,29,30,31)/t12-,17+/m0/s1. The van der Waals surface area contributed by atoms with Crippen LogP contribution in [-0.4, -0.2) is 49.8 Å². The van der Waals surface area contributed by atoms with Crippen LogP contribution < -0.4 is 15.8 Å². The summed E-state index contributed by atoms with van der Waals surface area (Å²) in [4.78, 5) is 22.2. The molecule has 190 valence electrons. The van der Waals surface area contributed by atoms with E-state index < -0.39 is 25.8 Å². The van der Waals surface area contributed by atoms with Crippen molar-refractivity contribution in [1.82, 2.24) is 15.2 Å². The zero-order chi connectivity index (χ0) is 25.9. The number of hydrogen-bond donors (Lipinski definition) is 4. The highest BCUT2D eigenvalue weighted by Crippen LogP contribution is 2.39. The topological polar surface area (TPSA) is 153 Å². The number of nitrogens with two attached hydrogens (primary N) is 1. The van der Waals surface area contributed by atoms with Crippen molar-refractivity contribution < 1.29 is 28.0 Å². The summed E-state index contributed by atoms with van der Waals surface area (Å²) in [6.07, 6.45) is -1.03. The zero-order valence-corrected chi connectivity index (χ0v) is 21.9. The van der Waals surface area contributed by atoms with E-state index in [2.05, 4.69) is 25.0 Å². The van der Waals surface area contributed by atoms with E-state index in [1.165, 1.54) is 30.4 Å². The van der Waals surface area contributed by atoms with Crippen molar-refractivity contribution >= 4 is 36.6 Å². The maximum Gasteiger partial charge on any atom is 0.469 e. The summed E-state index contributed by atoms with van der Waals surface area (Å²) < 4.78 is 35.6. The van der Waals surface area contributed by atoms with Crippen LogP contribution in [0.15, 0.2) is 24.3 Å². The van der Waals surface area contributed by atoms with Crippen molar-refractivity contribution in [2.24, 2.45) is 5.73 Å². The van der Waals surface area contributed by atoms with Crippen LogP contribution in [0.5, 0.6) is 5.75 Å². The van der Waals surface area contributed by atoms with E-state index in [0.717, 1.165) is 17.1 Å². The van der Waals surface area contributed by atoms with Gasteiger partial charge in [0.05, 0.1) is 17.2 Å². The predicted octanol–water partition coefficient (Wildman–Crippen LogP) is 4.39. The van der Waals surface area contributed by atoms with E-state index in [0.29, 0.717) is 15.6 Å². The van der Waals surface area contributed by atoms with Crippen LogP contribution in [0.25, 0.3) is 21.1 Å². The van der Waals surface area contributed by atoms with Gasteiger partial charge in [0.25, 0.3) is 0 Å². The molecule has 0 saturated carbocycles. The van der Waals surface area contributed by atoms with Crippen molar-refractivity contribution in [3.63, 3.8) is 0 Å². The maximum atomic E-state index is 14.8. The third-order valence-corrected chi connectivity index (χ3v) is 6.58. The first kappa shape index (κ1) is 27.4. The first-order valence-electron chi connectivity index (χ1n) is 10.5. The molecule has 3 aromatic rings. The average Bonchev–Trinajstić information content (AvgIpc) is 3.21. The highest BCUT2D eigenvalue weighted by atomic mass is 35.5. The quantitative estimate of drug-likeness (QED) is 0.270. The highest BCUT2D eigenvalue weighted by molar-refractivity contribution is 7.46. The molecular weight excluding hydrogens is 520 g/mol. The van der Waals surface area contributed by atoms with E-state index in [-0.39, 0.29) is 23.4 Å². The molecular formula is C21H26ClFN5O5PS. The lowest BCUT2D eigenvalue weighted by Crippen LogP contribution is -2.39. The Balaban J connectivity index is 1.77.